The second-order valence-electron chi connectivity index (χ2n) is 8.33. The highest BCUT2D eigenvalue weighted by atomic mass is 32.2. The molecule has 2 aromatic rings. The van der Waals surface area contributed by atoms with E-state index in [0.717, 1.165) is 30.5 Å². The Morgan fingerprint density at radius 1 is 1.00 bits per heavy atom. The van der Waals surface area contributed by atoms with Crippen molar-refractivity contribution in [3.63, 3.8) is 0 Å². The number of hydrogen-bond donors (Lipinski definition) is 0. The molecule has 0 spiro atoms. The lowest BCUT2D eigenvalue weighted by molar-refractivity contribution is 0.0752. The van der Waals surface area contributed by atoms with Crippen LogP contribution in [-0.2, 0) is 16.6 Å². The van der Waals surface area contributed by atoms with Crippen molar-refractivity contribution in [3.8, 4) is 0 Å². The molecule has 1 aliphatic rings. The molecule has 0 N–H and O–H groups in total. The number of piperidine rings is 1. The van der Waals surface area contributed by atoms with Gasteiger partial charge in [0.15, 0.2) is 0 Å². The molecular weight excluding hydrogens is 410 g/mol. The maximum absolute atomic E-state index is 13.2. The first-order valence-electron chi connectivity index (χ1n) is 10.9. The van der Waals surface area contributed by atoms with Crippen LogP contribution in [0.4, 0.5) is 5.69 Å². The lowest BCUT2D eigenvalue weighted by atomic mass is 10.1. The summed E-state index contributed by atoms with van der Waals surface area (Å²) in [7, 11) is 0.385. The number of carbonyl (C=O) groups excluding carboxylic acids is 1. The molecule has 1 saturated heterocycles. The quantitative estimate of drug-likeness (QED) is 0.651. The summed E-state index contributed by atoms with van der Waals surface area (Å²) >= 11 is 0. The molecule has 0 saturated carbocycles. The van der Waals surface area contributed by atoms with Gasteiger partial charge in [-0.2, -0.15) is 4.31 Å². The molecule has 0 aromatic heterocycles. The van der Waals surface area contributed by atoms with E-state index in [-0.39, 0.29) is 10.8 Å². The number of aryl methyl sites for hydroxylation is 1. The highest BCUT2D eigenvalue weighted by Gasteiger charge is 2.28. The number of benzene rings is 2. The molecule has 168 valence electrons. The summed E-state index contributed by atoms with van der Waals surface area (Å²) < 4.78 is 27.9. The molecule has 1 amide bonds. The van der Waals surface area contributed by atoms with Gasteiger partial charge >= 0.3 is 0 Å². The first-order chi connectivity index (χ1) is 14.7. The summed E-state index contributed by atoms with van der Waals surface area (Å²) in [4.78, 5) is 17.2. The van der Waals surface area contributed by atoms with E-state index in [2.05, 4.69) is 0 Å². The van der Waals surface area contributed by atoms with Crippen LogP contribution in [0.5, 0.6) is 0 Å². The molecular formula is C24H33N3O3S. The summed E-state index contributed by atoms with van der Waals surface area (Å²) in [5.41, 5.74) is 3.22. The van der Waals surface area contributed by atoms with Gasteiger partial charge in [-0.15, -0.1) is 0 Å². The molecule has 0 unspecified atom stereocenters. The molecule has 1 aliphatic heterocycles. The molecule has 31 heavy (non-hydrogen) atoms. The van der Waals surface area contributed by atoms with E-state index in [0.29, 0.717) is 37.3 Å². The van der Waals surface area contributed by atoms with Gasteiger partial charge in [-0.3, -0.25) is 4.79 Å². The number of hydrogen-bond acceptors (Lipinski definition) is 4. The summed E-state index contributed by atoms with van der Waals surface area (Å²) in [6.07, 6.45) is 2.82. The Hall–Kier alpha value is -2.38. The average molecular weight is 444 g/mol. The topological polar surface area (TPSA) is 60.9 Å². The first kappa shape index (κ1) is 23.3. The van der Waals surface area contributed by atoms with Crippen LogP contribution in [0, 0.1) is 6.92 Å². The zero-order chi connectivity index (χ0) is 22.6. The third-order valence-electron chi connectivity index (χ3n) is 5.86. The number of rotatable bonds is 7. The average Bonchev–Trinajstić information content (AvgIpc) is 2.78. The normalized spacial score (nSPS) is 15.0. The van der Waals surface area contributed by atoms with Gasteiger partial charge in [-0.05, 0) is 62.1 Å². The van der Waals surface area contributed by atoms with Crippen molar-refractivity contribution < 1.29 is 13.2 Å². The molecule has 1 heterocycles. The second-order valence-corrected chi connectivity index (χ2v) is 10.2. The first-order valence-corrected chi connectivity index (χ1v) is 12.3. The highest BCUT2D eigenvalue weighted by Crippen LogP contribution is 2.25. The van der Waals surface area contributed by atoms with E-state index >= 15 is 0 Å². The fraction of sp³-hybridized carbons (Fsp3) is 0.458. The van der Waals surface area contributed by atoms with Crippen molar-refractivity contribution >= 4 is 21.6 Å². The van der Waals surface area contributed by atoms with Crippen LogP contribution < -0.4 is 4.90 Å². The fourth-order valence-electron chi connectivity index (χ4n) is 3.89. The molecule has 2 aromatic carbocycles. The minimum absolute atomic E-state index is 0.158. The van der Waals surface area contributed by atoms with E-state index in [1.165, 1.54) is 0 Å². The summed E-state index contributed by atoms with van der Waals surface area (Å²) in [6.45, 7) is 5.83. The Kier molecular flexibility index (Phi) is 7.38. The van der Waals surface area contributed by atoms with E-state index in [1.54, 1.807) is 34.3 Å². The van der Waals surface area contributed by atoms with Crippen molar-refractivity contribution in [1.82, 2.24) is 9.21 Å². The van der Waals surface area contributed by atoms with Crippen LogP contribution in [0.1, 0.15) is 47.7 Å². The van der Waals surface area contributed by atoms with E-state index in [9.17, 15) is 13.2 Å². The summed E-state index contributed by atoms with van der Waals surface area (Å²) in [5.74, 6) is -0.158. The maximum Gasteiger partial charge on any atom is 0.254 e. The number of amides is 1. The van der Waals surface area contributed by atoms with Gasteiger partial charge in [0.25, 0.3) is 5.91 Å². The van der Waals surface area contributed by atoms with Gasteiger partial charge < -0.3 is 9.80 Å². The van der Waals surface area contributed by atoms with Crippen LogP contribution in [0.2, 0.25) is 0 Å². The SMILES string of the molecule is CCN(Cc1ccc(N(C)C)cc1)C(=O)c1ccc(C)c(S(=O)(=O)N2CCCCC2)c1. The van der Waals surface area contributed by atoms with Gasteiger partial charge in [-0.25, -0.2) is 8.42 Å². The smallest absolute Gasteiger partial charge is 0.254 e. The van der Waals surface area contributed by atoms with Crippen LogP contribution in [0.15, 0.2) is 47.4 Å². The largest absolute Gasteiger partial charge is 0.378 e. The van der Waals surface area contributed by atoms with Gasteiger partial charge in [0, 0.05) is 51.5 Å². The van der Waals surface area contributed by atoms with Gasteiger partial charge in [0.1, 0.15) is 0 Å². The third-order valence-corrected chi connectivity index (χ3v) is 7.90. The Morgan fingerprint density at radius 3 is 2.23 bits per heavy atom. The number of anilines is 1. The van der Waals surface area contributed by atoms with Crippen molar-refractivity contribution in [2.75, 3.05) is 38.6 Å². The third kappa shape index (κ3) is 5.28. The van der Waals surface area contributed by atoms with Crippen LogP contribution >= 0.6 is 0 Å². The predicted molar refractivity (Wildman–Crippen MR) is 125 cm³/mol. The molecule has 0 bridgehead atoms. The highest BCUT2D eigenvalue weighted by molar-refractivity contribution is 7.89. The van der Waals surface area contributed by atoms with Crippen LogP contribution in [-0.4, -0.2) is 57.3 Å². The standard InChI is InChI=1S/C24H33N3O3S/c1-5-26(18-20-10-13-22(14-11-20)25(3)4)24(28)21-12-9-19(2)23(17-21)31(29,30)27-15-7-6-8-16-27/h9-14,17H,5-8,15-16,18H2,1-4H3. The van der Waals surface area contributed by atoms with Crippen LogP contribution in [0.3, 0.4) is 0 Å². The minimum atomic E-state index is -3.60. The number of nitrogens with zero attached hydrogens (tertiary/aromatic N) is 3. The van der Waals surface area contributed by atoms with Gasteiger partial charge in [0.2, 0.25) is 10.0 Å². The van der Waals surface area contributed by atoms with Gasteiger partial charge in [-0.1, -0.05) is 24.6 Å². The molecule has 6 nitrogen and oxygen atoms in total. The zero-order valence-electron chi connectivity index (χ0n) is 19.0. The summed E-state index contributed by atoms with van der Waals surface area (Å²) in [6, 6.07) is 13.1. The Labute approximate surface area is 186 Å². The molecule has 0 aliphatic carbocycles. The summed E-state index contributed by atoms with van der Waals surface area (Å²) in [5, 5.41) is 0. The second kappa shape index (κ2) is 9.83. The maximum atomic E-state index is 13.2. The molecule has 7 heteroatoms. The van der Waals surface area contributed by atoms with Gasteiger partial charge in [0.05, 0.1) is 4.90 Å². The van der Waals surface area contributed by atoms with Crippen molar-refractivity contribution in [1.29, 1.82) is 0 Å². The fourth-order valence-corrected chi connectivity index (χ4v) is 5.65. The van der Waals surface area contributed by atoms with Crippen molar-refractivity contribution in [3.05, 3.63) is 59.2 Å². The Balaban J connectivity index is 1.83. The molecule has 0 radical (unpaired) electrons. The number of carbonyl (C=O) groups is 1. The van der Waals surface area contributed by atoms with E-state index < -0.39 is 10.0 Å². The molecule has 1 fully saturated rings. The Bertz CT molecular complexity index is 1010. The van der Waals surface area contributed by atoms with Crippen molar-refractivity contribution in [2.24, 2.45) is 0 Å². The van der Waals surface area contributed by atoms with Crippen molar-refractivity contribution in [2.45, 2.75) is 44.6 Å². The monoisotopic (exact) mass is 443 g/mol. The molecule has 3 rings (SSSR count). The Morgan fingerprint density at radius 2 is 1.65 bits per heavy atom. The minimum Gasteiger partial charge on any atom is -0.378 e. The van der Waals surface area contributed by atoms with E-state index in [1.807, 2.05) is 50.2 Å². The molecule has 0 atom stereocenters. The lowest BCUT2D eigenvalue weighted by Gasteiger charge is -2.27. The predicted octanol–water partition coefficient (Wildman–Crippen LogP) is 3.90. The lowest BCUT2D eigenvalue weighted by Crippen LogP contribution is -2.36. The number of sulfonamides is 1. The van der Waals surface area contributed by atoms with Crippen LogP contribution in [0.25, 0.3) is 0 Å². The zero-order valence-corrected chi connectivity index (χ0v) is 19.8. The van der Waals surface area contributed by atoms with E-state index in [4.69, 9.17) is 0 Å².